The van der Waals surface area contributed by atoms with E-state index in [1.54, 1.807) is 0 Å². The van der Waals surface area contributed by atoms with Crippen LogP contribution in [0.1, 0.15) is 58.8 Å². The van der Waals surface area contributed by atoms with Crippen LogP contribution in [0, 0.1) is 11.3 Å². The minimum atomic E-state index is 0.508. The van der Waals surface area contributed by atoms with E-state index in [4.69, 9.17) is 5.73 Å². The average molecular weight is 183 g/mol. The Hall–Kier alpha value is -0.0400. The van der Waals surface area contributed by atoms with Crippen LogP contribution in [0.2, 0.25) is 0 Å². The van der Waals surface area contributed by atoms with Crippen LogP contribution < -0.4 is 5.73 Å². The highest BCUT2D eigenvalue weighted by Gasteiger charge is 2.35. The Morgan fingerprint density at radius 1 is 1.23 bits per heavy atom. The Morgan fingerprint density at radius 3 is 2.31 bits per heavy atom. The minimum Gasteiger partial charge on any atom is -0.330 e. The van der Waals surface area contributed by atoms with Gasteiger partial charge >= 0.3 is 0 Å². The van der Waals surface area contributed by atoms with Gasteiger partial charge in [-0.25, -0.2) is 0 Å². The molecule has 1 heteroatoms. The van der Waals surface area contributed by atoms with E-state index in [1.165, 1.54) is 44.9 Å². The molecular weight excluding hydrogens is 158 g/mol. The SMILES string of the molecule is CCCC(C)C1(CN)CCCCC1. The highest BCUT2D eigenvalue weighted by atomic mass is 14.6. The molecule has 1 atom stereocenters. The quantitative estimate of drug-likeness (QED) is 0.711. The monoisotopic (exact) mass is 183 g/mol. The molecule has 0 heterocycles. The van der Waals surface area contributed by atoms with Gasteiger partial charge in [0.25, 0.3) is 0 Å². The lowest BCUT2D eigenvalue weighted by Crippen LogP contribution is -2.38. The Kier molecular flexibility index (Phi) is 4.24. The van der Waals surface area contributed by atoms with Crippen molar-refractivity contribution in [1.29, 1.82) is 0 Å². The molecule has 0 aliphatic heterocycles. The van der Waals surface area contributed by atoms with Gasteiger partial charge < -0.3 is 5.73 Å². The molecule has 0 bridgehead atoms. The molecule has 0 spiro atoms. The molecule has 78 valence electrons. The lowest BCUT2D eigenvalue weighted by atomic mass is 9.65. The molecule has 1 rings (SSSR count). The van der Waals surface area contributed by atoms with Gasteiger partial charge in [0.2, 0.25) is 0 Å². The molecule has 0 aromatic heterocycles. The zero-order valence-corrected chi connectivity index (χ0v) is 9.31. The van der Waals surface area contributed by atoms with E-state index < -0.39 is 0 Å². The van der Waals surface area contributed by atoms with Gasteiger partial charge in [0.05, 0.1) is 0 Å². The summed E-state index contributed by atoms with van der Waals surface area (Å²) >= 11 is 0. The molecule has 1 aliphatic carbocycles. The van der Waals surface area contributed by atoms with Crippen LogP contribution in [0.5, 0.6) is 0 Å². The summed E-state index contributed by atoms with van der Waals surface area (Å²) in [4.78, 5) is 0. The third kappa shape index (κ3) is 2.46. The van der Waals surface area contributed by atoms with Crippen LogP contribution in [0.25, 0.3) is 0 Å². The standard InChI is InChI=1S/C12H25N/c1-3-7-11(2)12(10-13)8-5-4-6-9-12/h11H,3-10,13H2,1-2H3. The van der Waals surface area contributed by atoms with Crippen molar-refractivity contribution in [3.05, 3.63) is 0 Å². The molecule has 0 aromatic carbocycles. The van der Waals surface area contributed by atoms with E-state index >= 15 is 0 Å². The summed E-state index contributed by atoms with van der Waals surface area (Å²) in [6, 6.07) is 0. The maximum Gasteiger partial charge on any atom is -0.00180 e. The first-order chi connectivity index (χ1) is 6.25. The van der Waals surface area contributed by atoms with Crippen LogP contribution in [0.15, 0.2) is 0 Å². The largest absolute Gasteiger partial charge is 0.330 e. The molecule has 13 heavy (non-hydrogen) atoms. The molecule has 1 fully saturated rings. The molecule has 0 aromatic rings. The van der Waals surface area contributed by atoms with Gasteiger partial charge in [-0.05, 0) is 30.7 Å². The number of rotatable bonds is 4. The number of hydrogen-bond donors (Lipinski definition) is 1. The van der Waals surface area contributed by atoms with Gasteiger partial charge in [0, 0.05) is 0 Å². The first-order valence-electron chi connectivity index (χ1n) is 5.95. The number of hydrogen-bond acceptors (Lipinski definition) is 1. The fourth-order valence-electron chi connectivity index (χ4n) is 2.89. The highest BCUT2D eigenvalue weighted by Crippen LogP contribution is 2.43. The summed E-state index contributed by atoms with van der Waals surface area (Å²) in [6.07, 6.45) is 9.67. The lowest BCUT2D eigenvalue weighted by molar-refractivity contribution is 0.110. The summed E-state index contributed by atoms with van der Waals surface area (Å²) in [6.45, 7) is 5.60. The van der Waals surface area contributed by atoms with Crippen LogP contribution in [-0.2, 0) is 0 Å². The van der Waals surface area contributed by atoms with Gasteiger partial charge in [0.15, 0.2) is 0 Å². The molecule has 0 radical (unpaired) electrons. The van der Waals surface area contributed by atoms with E-state index in [0.29, 0.717) is 5.41 Å². The minimum absolute atomic E-state index is 0.508. The van der Waals surface area contributed by atoms with Crippen LogP contribution in [0.4, 0.5) is 0 Å². The van der Waals surface area contributed by atoms with Crippen molar-refractivity contribution < 1.29 is 0 Å². The fourth-order valence-corrected chi connectivity index (χ4v) is 2.89. The average Bonchev–Trinajstić information content (AvgIpc) is 2.19. The van der Waals surface area contributed by atoms with Gasteiger partial charge in [-0.15, -0.1) is 0 Å². The molecule has 1 unspecified atom stereocenters. The van der Waals surface area contributed by atoms with Crippen molar-refractivity contribution in [2.45, 2.75) is 58.8 Å². The predicted molar refractivity (Wildman–Crippen MR) is 58.6 cm³/mol. The molecule has 1 aliphatic rings. The van der Waals surface area contributed by atoms with E-state index in [1.807, 2.05) is 0 Å². The van der Waals surface area contributed by atoms with Gasteiger partial charge in [0.1, 0.15) is 0 Å². The Balaban J connectivity index is 2.55. The Morgan fingerprint density at radius 2 is 1.85 bits per heavy atom. The van der Waals surface area contributed by atoms with Crippen molar-refractivity contribution in [3.63, 3.8) is 0 Å². The zero-order chi connectivity index (χ0) is 9.73. The lowest BCUT2D eigenvalue weighted by Gasteiger charge is -2.41. The van der Waals surface area contributed by atoms with Gasteiger partial charge in [-0.2, -0.15) is 0 Å². The van der Waals surface area contributed by atoms with Crippen LogP contribution in [-0.4, -0.2) is 6.54 Å². The van der Waals surface area contributed by atoms with Crippen LogP contribution >= 0.6 is 0 Å². The van der Waals surface area contributed by atoms with Crippen molar-refractivity contribution >= 4 is 0 Å². The summed E-state index contributed by atoms with van der Waals surface area (Å²) in [7, 11) is 0. The van der Waals surface area contributed by atoms with E-state index in [0.717, 1.165) is 12.5 Å². The maximum absolute atomic E-state index is 5.97. The maximum atomic E-state index is 5.97. The zero-order valence-electron chi connectivity index (χ0n) is 9.31. The second kappa shape index (κ2) is 4.99. The summed E-state index contributed by atoms with van der Waals surface area (Å²) in [5.74, 6) is 0.836. The van der Waals surface area contributed by atoms with Crippen molar-refractivity contribution in [2.24, 2.45) is 17.1 Å². The van der Waals surface area contributed by atoms with Crippen molar-refractivity contribution in [2.75, 3.05) is 6.54 Å². The van der Waals surface area contributed by atoms with Gasteiger partial charge in [-0.3, -0.25) is 0 Å². The van der Waals surface area contributed by atoms with E-state index in [9.17, 15) is 0 Å². The van der Waals surface area contributed by atoms with E-state index in [-0.39, 0.29) is 0 Å². The fraction of sp³-hybridized carbons (Fsp3) is 1.00. The first-order valence-corrected chi connectivity index (χ1v) is 5.95. The van der Waals surface area contributed by atoms with E-state index in [2.05, 4.69) is 13.8 Å². The number of nitrogens with two attached hydrogens (primary N) is 1. The first kappa shape index (κ1) is 11.0. The molecule has 0 saturated heterocycles. The second-order valence-electron chi connectivity index (χ2n) is 4.82. The molecule has 2 N–H and O–H groups in total. The molecule has 1 saturated carbocycles. The Labute approximate surface area is 83.1 Å². The highest BCUT2D eigenvalue weighted by molar-refractivity contribution is 4.87. The molecule has 1 nitrogen and oxygen atoms in total. The van der Waals surface area contributed by atoms with Crippen LogP contribution in [0.3, 0.4) is 0 Å². The molecular formula is C12H25N. The molecule has 0 amide bonds. The second-order valence-corrected chi connectivity index (χ2v) is 4.82. The third-order valence-electron chi connectivity index (χ3n) is 4.02. The summed E-state index contributed by atoms with van der Waals surface area (Å²) in [5, 5.41) is 0. The summed E-state index contributed by atoms with van der Waals surface area (Å²) < 4.78 is 0. The predicted octanol–water partition coefficient (Wildman–Crippen LogP) is 3.33. The van der Waals surface area contributed by atoms with Crippen molar-refractivity contribution in [1.82, 2.24) is 0 Å². The van der Waals surface area contributed by atoms with Crippen molar-refractivity contribution in [3.8, 4) is 0 Å². The smallest absolute Gasteiger partial charge is 0.00180 e. The topological polar surface area (TPSA) is 26.0 Å². The van der Waals surface area contributed by atoms with Gasteiger partial charge in [-0.1, -0.05) is 46.0 Å². The normalized spacial score (nSPS) is 24.2. The summed E-state index contributed by atoms with van der Waals surface area (Å²) in [5.41, 5.74) is 6.48. The Bertz CT molecular complexity index is 136. The third-order valence-corrected chi connectivity index (χ3v) is 4.02.